The first kappa shape index (κ1) is 27.0. The molecule has 0 N–H and O–H groups in total. The van der Waals surface area contributed by atoms with E-state index in [1.807, 2.05) is 0 Å². The third kappa shape index (κ3) is 22.6. The van der Waals surface area contributed by atoms with Gasteiger partial charge in [0.05, 0.1) is 0 Å². The average molecular weight is 260 g/mol. The van der Waals surface area contributed by atoms with Gasteiger partial charge in [0.1, 0.15) is 0 Å². The van der Waals surface area contributed by atoms with Crippen LogP contribution in [0, 0.1) is 0 Å². The van der Waals surface area contributed by atoms with Crippen molar-refractivity contribution in [2.24, 2.45) is 0 Å². The maximum absolute atomic E-state index is 8.34. The molecule has 0 aromatic carbocycles. The average Bonchev–Trinajstić information content (AvgIpc) is 1.00. The Morgan fingerprint density at radius 2 is 1.20 bits per heavy atom. The van der Waals surface area contributed by atoms with E-state index in [2.05, 4.69) is 0 Å². The molecule has 0 spiro atoms. The first-order valence-electron chi connectivity index (χ1n) is 0.204. The molecule has 31 valence electrons. The summed E-state index contributed by atoms with van der Waals surface area (Å²) < 4.78 is 8.34. The Kier molecular flexibility index (Phi) is 188. The first-order chi connectivity index (χ1) is 1.00. The van der Waals surface area contributed by atoms with E-state index in [9.17, 15) is 0 Å². The SMILES string of the molecule is [Co].[LiH].[Ni].[O]=[Sn]. The van der Waals surface area contributed by atoms with Crippen LogP contribution in [0.4, 0.5) is 0 Å². The predicted octanol–water partition coefficient (Wildman–Crippen LogP) is -1.15. The van der Waals surface area contributed by atoms with Crippen LogP contribution in [0.3, 0.4) is 0 Å². The summed E-state index contributed by atoms with van der Waals surface area (Å²) in [5, 5.41) is 0. The molecule has 3 radical (unpaired) electrons. The van der Waals surface area contributed by atoms with Gasteiger partial charge in [-0.3, -0.25) is 0 Å². The Bertz CT molecular complexity index is 11.6. The fourth-order valence-corrected chi connectivity index (χ4v) is 0. The zero-order valence-corrected chi connectivity index (χ0v) is 6.44. The molecular formula is HCoLiNiOSn. The summed E-state index contributed by atoms with van der Waals surface area (Å²) in [5.41, 5.74) is 0. The van der Waals surface area contributed by atoms with Crippen LogP contribution in [0.5, 0.6) is 0 Å². The second-order valence-electron chi connectivity index (χ2n) is 0. The van der Waals surface area contributed by atoms with E-state index in [-0.39, 0.29) is 52.1 Å². The van der Waals surface area contributed by atoms with Gasteiger partial charge < -0.3 is 0 Å². The Morgan fingerprint density at radius 1 is 1.20 bits per heavy atom. The Labute approximate surface area is 76.8 Å². The molecule has 0 unspecified atom stereocenters. The molecule has 0 heterocycles. The summed E-state index contributed by atoms with van der Waals surface area (Å²) in [6.45, 7) is 0. The summed E-state index contributed by atoms with van der Waals surface area (Å²) in [6.07, 6.45) is 0. The van der Waals surface area contributed by atoms with Crippen molar-refractivity contribution >= 4 is 41.4 Å². The summed E-state index contributed by atoms with van der Waals surface area (Å²) >= 11 is 0.300. The standard InChI is InChI=1S/Co.Li.Ni.O.Sn.H. The van der Waals surface area contributed by atoms with Crippen molar-refractivity contribution in [3.05, 3.63) is 0 Å². The van der Waals surface area contributed by atoms with Gasteiger partial charge in [-0.15, -0.1) is 0 Å². The molecule has 0 fully saturated rings. The molecule has 5 heavy (non-hydrogen) atoms. The van der Waals surface area contributed by atoms with E-state index in [0.29, 0.717) is 22.5 Å². The molecule has 0 amide bonds. The van der Waals surface area contributed by atoms with E-state index < -0.39 is 0 Å². The van der Waals surface area contributed by atoms with Gasteiger partial charge in [0.15, 0.2) is 0 Å². The third-order valence-electron chi connectivity index (χ3n) is 0. The molecule has 0 rings (SSSR count). The van der Waals surface area contributed by atoms with Gasteiger partial charge in [0, 0.05) is 33.3 Å². The van der Waals surface area contributed by atoms with Crippen LogP contribution in [-0.4, -0.2) is 41.4 Å². The molecule has 0 aliphatic heterocycles. The molecule has 0 atom stereocenters. The molecule has 0 aromatic rings. The van der Waals surface area contributed by atoms with Crippen molar-refractivity contribution in [1.82, 2.24) is 0 Å². The van der Waals surface area contributed by atoms with Gasteiger partial charge >= 0.3 is 44.4 Å². The van der Waals surface area contributed by atoms with Crippen molar-refractivity contribution in [2.75, 3.05) is 0 Å². The summed E-state index contributed by atoms with van der Waals surface area (Å²) in [7, 11) is 0. The quantitative estimate of drug-likeness (QED) is 0.503. The van der Waals surface area contributed by atoms with Gasteiger partial charge in [0.25, 0.3) is 0 Å². The minimum absolute atomic E-state index is 0. The Balaban J connectivity index is -0.00000000167. The van der Waals surface area contributed by atoms with E-state index >= 15 is 0 Å². The van der Waals surface area contributed by atoms with Crippen LogP contribution in [0.1, 0.15) is 0 Å². The predicted molar refractivity (Wildman–Crippen MR) is 13.6 cm³/mol. The van der Waals surface area contributed by atoms with E-state index in [1.165, 1.54) is 0 Å². The minimum atomic E-state index is 0. The van der Waals surface area contributed by atoms with Crippen LogP contribution in [0.15, 0.2) is 0 Å². The van der Waals surface area contributed by atoms with Crippen molar-refractivity contribution < 1.29 is 36.3 Å². The fraction of sp³-hybridized carbons (Fsp3) is 0. The fourth-order valence-electron chi connectivity index (χ4n) is 0. The number of hydrogen-bond donors (Lipinski definition) is 0. The molecule has 0 saturated carbocycles. The van der Waals surface area contributed by atoms with Crippen molar-refractivity contribution in [3.8, 4) is 0 Å². The Hall–Kier alpha value is 2.20. The van der Waals surface area contributed by atoms with Crippen molar-refractivity contribution in [1.29, 1.82) is 0 Å². The second-order valence-corrected chi connectivity index (χ2v) is 0. The molecule has 1 nitrogen and oxygen atoms in total. The molecular weight excluding hydrogens is 259 g/mol. The third-order valence-corrected chi connectivity index (χ3v) is 0. The zero-order chi connectivity index (χ0) is 2.00. The van der Waals surface area contributed by atoms with E-state index in [0.717, 1.165) is 0 Å². The number of rotatable bonds is 0. The normalized spacial score (nSPS) is 0.800. The first-order valence-corrected chi connectivity index (χ1v) is 1.37. The van der Waals surface area contributed by atoms with Crippen LogP contribution in [-0.2, 0) is 36.3 Å². The molecule has 5 heteroatoms. The van der Waals surface area contributed by atoms with Gasteiger partial charge in [0.2, 0.25) is 0 Å². The van der Waals surface area contributed by atoms with Crippen molar-refractivity contribution in [2.45, 2.75) is 0 Å². The second kappa shape index (κ2) is 34.7. The van der Waals surface area contributed by atoms with E-state index in [4.69, 9.17) is 3.08 Å². The Morgan fingerprint density at radius 3 is 1.20 bits per heavy atom. The molecule has 0 saturated heterocycles. The van der Waals surface area contributed by atoms with Crippen LogP contribution >= 0.6 is 0 Å². The number of hydrogen-bond acceptors (Lipinski definition) is 1. The van der Waals surface area contributed by atoms with E-state index in [1.54, 1.807) is 0 Å². The molecule has 0 bridgehead atoms. The van der Waals surface area contributed by atoms with Crippen LogP contribution in [0.25, 0.3) is 0 Å². The van der Waals surface area contributed by atoms with Gasteiger partial charge in [-0.25, -0.2) is 0 Å². The summed E-state index contributed by atoms with van der Waals surface area (Å²) in [4.78, 5) is 0. The van der Waals surface area contributed by atoms with Gasteiger partial charge in [-0.05, 0) is 0 Å². The van der Waals surface area contributed by atoms with Crippen LogP contribution in [0.2, 0.25) is 0 Å². The topological polar surface area (TPSA) is 17.1 Å². The molecule has 0 aliphatic carbocycles. The maximum atomic E-state index is 8.34. The zero-order valence-electron chi connectivity index (χ0n) is 1.56. The van der Waals surface area contributed by atoms with Gasteiger partial charge in [-0.2, -0.15) is 0 Å². The van der Waals surface area contributed by atoms with Crippen molar-refractivity contribution in [3.63, 3.8) is 0 Å². The molecule has 0 aromatic heterocycles. The monoisotopic (exact) mass is 261 g/mol. The van der Waals surface area contributed by atoms with Gasteiger partial charge in [-0.1, -0.05) is 0 Å². The summed E-state index contributed by atoms with van der Waals surface area (Å²) in [6, 6.07) is 0. The van der Waals surface area contributed by atoms with Crippen LogP contribution < -0.4 is 0 Å². The summed E-state index contributed by atoms with van der Waals surface area (Å²) in [5.74, 6) is 0. The molecule has 0 aliphatic rings.